The SMILES string of the molecule is C=CCN(Cc1cccs1)C(=O)Cc1nc(-c2ccccc2)oc1C. The summed E-state index contributed by atoms with van der Waals surface area (Å²) in [7, 11) is 0. The van der Waals surface area contributed by atoms with Gasteiger partial charge >= 0.3 is 0 Å². The molecule has 2 heterocycles. The summed E-state index contributed by atoms with van der Waals surface area (Å²) >= 11 is 1.64. The maximum absolute atomic E-state index is 12.7. The molecule has 0 unspecified atom stereocenters. The van der Waals surface area contributed by atoms with Crippen LogP contribution in [0.15, 0.2) is 64.9 Å². The number of carbonyl (C=O) groups is 1. The summed E-state index contributed by atoms with van der Waals surface area (Å²) in [5.74, 6) is 1.25. The molecule has 0 atom stereocenters. The molecule has 0 saturated carbocycles. The predicted molar refractivity (Wildman–Crippen MR) is 100 cm³/mol. The van der Waals surface area contributed by atoms with Gasteiger partial charge in [0.1, 0.15) is 5.76 Å². The van der Waals surface area contributed by atoms with Crippen molar-refractivity contribution in [3.05, 3.63) is 76.8 Å². The smallest absolute Gasteiger partial charge is 0.229 e. The molecule has 5 heteroatoms. The van der Waals surface area contributed by atoms with E-state index in [4.69, 9.17) is 4.42 Å². The zero-order valence-electron chi connectivity index (χ0n) is 14.1. The van der Waals surface area contributed by atoms with Crippen LogP contribution in [-0.2, 0) is 17.8 Å². The number of rotatable bonds is 7. The number of aromatic nitrogens is 1. The molecular weight excluding hydrogens is 332 g/mol. The molecule has 4 nitrogen and oxygen atoms in total. The molecular formula is C20H20N2O2S. The Labute approximate surface area is 151 Å². The summed E-state index contributed by atoms with van der Waals surface area (Å²) < 4.78 is 5.75. The molecule has 0 bridgehead atoms. The first-order valence-electron chi connectivity index (χ1n) is 8.10. The van der Waals surface area contributed by atoms with Gasteiger partial charge in [0.05, 0.1) is 18.7 Å². The van der Waals surface area contributed by atoms with Gasteiger partial charge in [-0.15, -0.1) is 17.9 Å². The van der Waals surface area contributed by atoms with Gasteiger partial charge in [-0.05, 0) is 30.5 Å². The molecule has 0 radical (unpaired) electrons. The van der Waals surface area contributed by atoms with Gasteiger partial charge in [0.2, 0.25) is 11.8 Å². The standard InChI is InChI=1S/C20H20N2O2S/c1-3-11-22(14-17-10-7-12-25-17)19(23)13-18-15(2)24-20(21-18)16-8-5-4-6-9-16/h3-10,12H,1,11,13-14H2,2H3. The van der Waals surface area contributed by atoms with E-state index >= 15 is 0 Å². The Morgan fingerprint density at radius 3 is 2.76 bits per heavy atom. The molecule has 0 fully saturated rings. The van der Waals surface area contributed by atoms with Crippen molar-refractivity contribution in [1.82, 2.24) is 9.88 Å². The molecule has 0 aliphatic carbocycles. The lowest BCUT2D eigenvalue weighted by molar-refractivity contribution is -0.130. The number of carbonyl (C=O) groups excluding carboxylic acids is 1. The lowest BCUT2D eigenvalue weighted by Gasteiger charge is -2.20. The van der Waals surface area contributed by atoms with Gasteiger partial charge in [0.25, 0.3) is 0 Å². The topological polar surface area (TPSA) is 46.3 Å². The highest BCUT2D eigenvalue weighted by Crippen LogP contribution is 2.22. The number of aryl methyl sites for hydroxylation is 1. The molecule has 0 aliphatic heterocycles. The van der Waals surface area contributed by atoms with E-state index in [1.165, 1.54) is 0 Å². The van der Waals surface area contributed by atoms with Gasteiger partial charge in [-0.1, -0.05) is 30.3 Å². The van der Waals surface area contributed by atoms with Crippen molar-refractivity contribution in [3.8, 4) is 11.5 Å². The van der Waals surface area contributed by atoms with Crippen molar-refractivity contribution in [2.45, 2.75) is 19.9 Å². The second kappa shape index (κ2) is 7.94. The summed E-state index contributed by atoms with van der Waals surface area (Å²) in [5.41, 5.74) is 1.59. The minimum atomic E-state index is 0.0179. The molecule has 3 aromatic rings. The Hall–Kier alpha value is -2.66. The average Bonchev–Trinajstić information content (AvgIpc) is 3.25. The van der Waals surface area contributed by atoms with Crippen LogP contribution in [0.2, 0.25) is 0 Å². The van der Waals surface area contributed by atoms with Crippen molar-refractivity contribution in [2.24, 2.45) is 0 Å². The summed E-state index contributed by atoms with van der Waals surface area (Å²) in [5, 5.41) is 2.01. The van der Waals surface area contributed by atoms with E-state index in [9.17, 15) is 4.79 Å². The fourth-order valence-corrected chi connectivity index (χ4v) is 3.27. The van der Waals surface area contributed by atoms with Gasteiger partial charge in [0.15, 0.2) is 0 Å². The Morgan fingerprint density at radius 1 is 1.28 bits per heavy atom. The highest BCUT2D eigenvalue weighted by Gasteiger charge is 2.19. The van der Waals surface area contributed by atoms with E-state index in [0.717, 1.165) is 10.4 Å². The summed E-state index contributed by atoms with van der Waals surface area (Å²) in [6.45, 7) is 6.70. The van der Waals surface area contributed by atoms with Crippen molar-refractivity contribution >= 4 is 17.2 Å². The van der Waals surface area contributed by atoms with Crippen LogP contribution < -0.4 is 0 Å². The monoisotopic (exact) mass is 352 g/mol. The number of amides is 1. The molecule has 0 saturated heterocycles. The molecule has 128 valence electrons. The third kappa shape index (κ3) is 4.25. The van der Waals surface area contributed by atoms with Crippen LogP contribution in [0.25, 0.3) is 11.5 Å². The third-order valence-electron chi connectivity index (χ3n) is 3.86. The van der Waals surface area contributed by atoms with Gasteiger partial charge in [-0.25, -0.2) is 4.98 Å². The number of hydrogen-bond donors (Lipinski definition) is 0. The molecule has 1 aromatic carbocycles. The van der Waals surface area contributed by atoms with Crippen LogP contribution in [0, 0.1) is 6.92 Å². The van der Waals surface area contributed by atoms with Crippen molar-refractivity contribution in [1.29, 1.82) is 0 Å². The molecule has 25 heavy (non-hydrogen) atoms. The Kier molecular flexibility index (Phi) is 5.46. The number of benzene rings is 1. The summed E-state index contributed by atoms with van der Waals surface area (Å²) in [4.78, 5) is 20.2. The van der Waals surface area contributed by atoms with E-state index in [1.54, 1.807) is 22.3 Å². The average molecular weight is 352 g/mol. The zero-order chi connectivity index (χ0) is 17.6. The van der Waals surface area contributed by atoms with Gasteiger partial charge < -0.3 is 9.32 Å². The van der Waals surface area contributed by atoms with E-state index in [0.29, 0.717) is 30.4 Å². The minimum absolute atomic E-state index is 0.0179. The van der Waals surface area contributed by atoms with E-state index < -0.39 is 0 Å². The maximum atomic E-state index is 12.7. The Balaban J connectivity index is 1.75. The first-order valence-corrected chi connectivity index (χ1v) is 8.98. The molecule has 0 spiro atoms. The highest BCUT2D eigenvalue weighted by molar-refractivity contribution is 7.09. The fourth-order valence-electron chi connectivity index (χ4n) is 2.55. The third-order valence-corrected chi connectivity index (χ3v) is 4.72. The normalized spacial score (nSPS) is 10.6. The number of hydrogen-bond acceptors (Lipinski definition) is 4. The van der Waals surface area contributed by atoms with Crippen molar-refractivity contribution in [3.63, 3.8) is 0 Å². The van der Waals surface area contributed by atoms with Crippen molar-refractivity contribution in [2.75, 3.05) is 6.54 Å². The molecule has 1 amide bonds. The summed E-state index contributed by atoms with van der Waals surface area (Å²) in [6.07, 6.45) is 1.97. The summed E-state index contributed by atoms with van der Waals surface area (Å²) in [6, 6.07) is 13.7. The molecule has 3 rings (SSSR count). The van der Waals surface area contributed by atoms with Crippen LogP contribution in [-0.4, -0.2) is 22.3 Å². The number of thiophene rings is 1. The van der Waals surface area contributed by atoms with Crippen molar-refractivity contribution < 1.29 is 9.21 Å². The van der Waals surface area contributed by atoms with Crippen LogP contribution in [0.1, 0.15) is 16.3 Å². The number of nitrogens with zero attached hydrogens (tertiary/aromatic N) is 2. The Morgan fingerprint density at radius 2 is 2.08 bits per heavy atom. The zero-order valence-corrected chi connectivity index (χ0v) is 15.0. The van der Waals surface area contributed by atoms with Gasteiger partial charge in [0, 0.05) is 17.0 Å². The van der Waals surface area contributed by atoms with Gasteiger partial charge in [-0.3, -0.25) is 4.79 Å². The van der Waals surface area contributed by atoms with Gasteiger partial charge in [-0.2, -0.15) is 0 Å². The Bertz CT molecular complexity index is 838. The van der Waals surface area contributed by atoms with Crippen LogP contribution >= 0.6 is 11.3 Å². The lowest BCUT2D eigenvalue weighted by atomic mass is 10.2. The second-order valence-electron chi connectivity index (χ2n) is 5.71. The quantitative estimate of drug-likeness (QED) is 0.590. The molecule has 0 aliphatic rings. The fraction of sp³-hybridized carbons (Fsp3) is 0.200. The predicted octanol–water partition coefficient (Wildman–Crippen LogP) is 4.47. The first-order chi connectivity index (χ1) is 12.2. The van der Waals surface area contributed by atoms with Crippen LogP contribution in [0.5, 0.6) is 0 Å². The van der Waals surface area contributed by atoms with E-state index in [2.05, 4.69) is 11.6 Å². The highest BCUT2D eigenvalue weighted by atomic mass is 32.1. The lowest BCUT2D eigenvalue weighted by Crippen LogP contribution is -2.32. The first kappa shape index (κ1) is 17.2. The van der Waals surface area contributed by atoms with Crippen LogP contribution in [0.3, 0.4) is 0 Å². The second-order valence-corrected chi connectivity index (χ2v) is 6.74. The minimum Gasteiger partial charge on any atom is -0.441 e. The molecule has 2 aromatic heterocycles. The van der Waals surface area contributed by atoms with Crippen LogP contribution in [0.4, 0.5) is 0 Å². The molecule has 0 N–H and O–H groups in total. The number of oxazole rings is 1. The van der Waals surface area contributed by atoms with E-state index in [-0.39, 0.29) is 12.3 Å². The van der Waals surface area contributed by atoms with E-state index in [1.807, 2.05) is 54.8 Å². The largest absolute Gasteiger partial charge is 0.441 e. The maximum Gasteiger partial charge on any atom is 0.229 e.